The first kappa shape index (κ1) is 42.5. The number of carbonyl (C=O) groups excluding carboxylic acids is 4. The molecule has 0 aromatic heterocycles. The van der Waals surface area contributed by atoms with Crippen LogP contribution in [-0.4, -0.2) is 108 Å². The Bertz CT molecular complexity index is 1710. The fraction of sp³-hybridized carbons (Fsp3) is 0.818. The lowest BCUT2D eigenvalue weighted by Crippen LogP contribution is -2.61. The standard InChI is InChI=1S/C23H34O6.C21H29BrO5/c1-4-29-12-20(27)14-6-8-23(28)15-9-17(24)16-10-18(25)19(26)11-21(16,2)13(15)5-7-22(14,23)3;1-19-9-17(25)16(24)8-14(19)15(23)7-13-11(19)3-5-20(2)12(18(26)10-22)4-6-21(13,20)27/h9,13-14,16,18-19,25-26,28H,4-8,10-12H2,1-3H3;7,11-12,14,16-17,24-25,27H,3-6,8-10H2,1-2H3/t13?,14-,16+,18-,19+,21-,22-,23-;11?,12-,14+,16-,17+,19-,20-,21-/m11/s1. The molecule has 0 radical (unpaired) electrons. The maximum Gasteiger partial charge on any atom is 0.162 e. The van der Waals surface area contributed by atoms with Gasteiger partial charge in [-0.05, 0) is 130 Å². The number of alkyl halides is 1. The summed E-state index contributed by atoms with van der Waals surface area (Å²) in [4.78, 5) is 51.4. The Hall–Kier alpha value is -1.64. The molecule has 0 saturated heterocycles. The number of hydrogen-bond acceptors (Lipinski definition) is 11. The molecule has 0 heterocycles. The number of hydrogen-bond donors (Lipinski definition) is 6. The minimum absolute atomic E-state index is 0.00162. The van der Waals surface area contributed by atoms with Crippen LogP contribution in [-0.2, 0) is 23.9 Å². The van der Waals surface area contributed by atoms with Crippen LogP contribution >= 0.6 is 15.9 Å². The zero-order valence-electron chi connectivity index (χ0n) is 33.6. The lowest BCUT2D eigenvalue weighted by Gasteiger charge is -2.59. The van der Waals surface area contributed by atoms with Gasteiger partial charge in [0.15, 0.2) is 17.3 Å². The summed E-state index contributed by atoms with van der Waals surface area (Å²) in [6, 6.07) is 0. The molecule has 0 spiro atoms. The van der Waals surface area contributed by atoms with Crippen LogP contribution in [0.3, 0.4) is 0 Å². The van der Waals surface area contributed by atoms with E-state index in [-0.39, 0.29) is 83.4 Å². The fourth-order valence-electron chi connectivity index (χ4n) is 14.2. The van der Waals surface area contributed by atoms with Gasteiger partial charge in [-0.25, -0.2) is 0 Å². The van der Waals surface area contributed by atoms with Gasteiger partial charge in [-0.3, -0.25) is 19.2 Å². The summed E-state index contributed by atoms with van der Waals surface area (Å²) in [7, 11) is 0. The molecule has 11 nitrogen and oxygen atoms in total. The van der Waals surface area contributed by atoms with Crippen molar-refractivity contribution in [2.75, 3.05) is 18.5 Å². The van der Waals surface area contributed by atoms with E-state index in [4.69, 9.17) is 4.74 Å². The molecule has 2 unspecified atom stereocenters. The average Bonchev–Trinajstić information content (AvgIpc) is 3.59. The number of aliphatic hydroxyl groups excluding tert-OH is 4. The van der Waals surface area contributed by atoms with Crippen LogP contribution in [0.5, 0.6) is 0 Å². The Morgan fingerprint density at radius 2 is 1.07 bits per heavy atom. The van der Waals surface area contributed by atoms with Crippen molar-refractivity contribution < 1.29 is 54.6 Å². The van der Waals surface area contributed by atoms with E-state index in [9.17, 15) is 49.8 Å². The summed E-state index contributed by atoms with van der Waals surface area (Å²) in [6.45, 7) is 10.5. The minimum atomic E-state index is -1.19. The van der Waals surface area contributed by atoms with E-state index in [1.807, 2.05) is 34.6 Å². The van der Waals surface area contributed by atoms with Crippen molar-refractivity contribution in [1.82, 2.24) is 0 Å². The molecule has 312 valence electrons. The Balaban J connectivity index is 0.000000172. The van der Waals surface area contributed by atoms with E-state index >= 15 is 0 Å². The van der Waals surface area contributed by atoms with E-state index in [1.54, 1.807) is 12.2 Å². The Morgan fingerprint density at radius 1 is 0.661 bits per heavy atom. The van der Waals surface area contributed by atoms with Crippen molar-refractivity contribution in [3.8, 4) is 0 Å². The molecule has 8 aliphatic carbocycles. The molecular weight excluding hydrogens is 784 g/mol. The van der Waals surface area contributed by atoms with Gasteiger partial charge >= 0.3 is 0 Å². The van der Waals surface area contributed by atoms with Crippen LogP contribution in [0.2, 0.25) is 0 Å². The highest BCUT2D eigenvalue weighted by Gasteiger charge is 2.69. The molecule has 16 atom stereocenters. The number of aliphatic hydroxyl groups is 6. The Labute approximate surface area is 338 Å². The van der Waals surface area contributed by atoms with Crippen LogP contribution in [0.1, 0.15) is 112 Å². The molecule has 0 aromatic carbocycles. The maximum absolute atomic E-state index is 13.1. The molecule has 0 bridgehead atoms. The number of allylic oxidation sites excluding steroid dienone is 2. The topological polar surface area (TPSA) is 199 Å². The lowest BCUT2D eigenvalue weighted by atomic mass is 9.46. The van der Waals surface area contributed by atoms with Crippen molar-refractivity contribution in [2.24, 2.45) is 57.2 Å². The van der Waals surface area contributed by atoms with Gasteiger partial charge in [0.1, 0.15) is 12.4 Å². The van der Waals surface area contributed by atoms with Crippen LogP contribution in [0, 0.1) is 57.2 Å². The first-order valence-corrected chi connectivity index (χ1v) is 22.2. The van der Waals surface area contributed by atoms with Crippen LogP contribution < -0.4 is 0 Å². The molecular formula is C44H63BrO11. The van der Waals surface area contributed by atoms with E-state index in [0.29, 0.717) is 51.6 Å². The Morgan fingerprint density at radius 3 is 1.46 bits per heavy atom. The summed E-state index contributed by atoms with van der Waals surface area (Å²) in [6.07, 6.45) is 6.24. The highest BCUT2D eigenvalue weighted by atomic mass is 79.9. The third kappa shape index (κ3) is 5.95. The Kier molecular flexibility index (Phi) is 11.0. The number of halogens is 1. The van der Waals surface area contributed by atoms with Gasteiger partial charge in [-0.1, -0.05) is 43.6 Å². The maximum atomic E-state index is 13.1. The summed E-state index contributed by atoms with van der Waals surface area (Å²) in [5.41, 5.74) is -2.93. The molecule has 8 rings (SSSR count). The number of ether oxygens (including phenoxy) is 1. The number of ketones is 4. The monoisotopic (exact) mass is 846 g/mol. The van der Waals surface area contributed by atoms with Crippen LogP contribution in [0.25, 0.3) is 0 Å². The highest BCUT2D eigenvalue weighted by molar-refractivity contribution is 9.09. The molecule has 8 aliphatic rings. The van der Waals surface area contributed by atoms with E-state index < -0.39 is 57.3 Å². The second-order valence-corrected chi connectivity index (χ2v) is 20.5. The molecule has 56 heavy (non-hydrogen) atoms. The van der Waals surface area contributed by atoms with E-state index in [2.05, 4.69) is 15.9 Å². The zero-order valence-corrected chi connectivity index (χ0v) is 35.2. The molecule has 6 fully saturated rings. The zero-order chi connectivity index (χ0) is 41.0. The molecule has 0 aromatic rings. The normalized spacial score (nSPS) is 50.4. The number of Topliss-reactive ketones (excluding diaryl/α,β-unsaturated/α-hetero) is 2. The first-order chi connectivity index (χ1) is 26.2. The van der Waals surface area contributed by atoms with E-state index in [1.165, 1.54) is 0 Å². The summed E-state index contributed by atoms with van der Waals surface area (Å²) >= 11 is 3.28. The van der Waals surface area contributed by atoms with Crippen LogP contribution in [0.15, 0.2) is 23.3 Å². The summed E-state index contributed by atoms with van der Waals surface area (Å²) < 4.78 is 5.35. The number of rotatable bonds is 6. The molecule has 0 amide bonds. The molecule has 6 N–H and O–H groups in total. The van der Waals surface area contributed by atoms with Crippen molar-refractivity contribution in [1.29, 1.82) is 0 Å². The van der Waals surface area contributed by atoms with Gasteiger partial charge in [0, 0.05) is 41.1 Å². The van der Waals surface area contributed by atoms with Crippen molar-refractivity contribution >= 4 is 39.1 Å². The van der Waals surface area contributed by atoms with Gasteiger partial charge in [-0.15, -0.1) is 0 Å². The summed E-state index contributed by atoms with van der Waals surface area (Å²) in [5.74, 6) is -1.12. The average molecular weight is 848 g/mol. The van der Waals surface area contributed by atoms with Gasteiger partial charge in [0.25, 0.3) is 0 Å². The second-order valence-electron chi connectivity index (χ2n) is 19.9. The summed E-state index contributed by atoms with van der Waals surface area (Å²) in [5, 5.41) is 64.9. The van der Waals surface area contributed by atoms with Crippen molar-refractivity contribution in [3.63, 3.8) is 0 Å². The largest absolute Gasteiger partial charge is 0.390 e. The third-order valence-electron chi connectivity index (χ3n) is 17.6. The molecule has 6 saturated carbocycles. The number of fused-ring (bicyclic) bond motifs is 10. The molecule has 0 aliphatic heterocycles. The second kappa shape index (κ2) is 14.5. The van der Waals surface area contributed by atoms with E-state index in [0.717, 1.165) is 30.4 Å². The van der Waals surface area contributed by atoms with Crippen molar-refractivity contribution in [3.05, 3.63) is 23.3 Å². The molecule has 12 heteroatoms. The van der Waals surface area contributed by atoms with Gasteiger partial charge in [0.2, 0.25) is 0 Å². The van der Waals surface area contributed by atoms with Gasteiger partial charge < -0.3 is 35.4 Å². The van der Waals surface area contributed by atoms with Gasteiger partial charge in [-0.2, -0.15) is 0 Å². The third-order valence-corrected chi connectivity index (χ3v) is 18.1. The predicted molar refractivity (Wildman–Crippen MR) is 209 cm³/mol. The predicted octanol–water partition coefficient (Wildman–Crippen LogP) is 3.95. The van der Waals surface area contributed by atoms with Gasteiger partial charge in [0.05, 0.1) is 40.9 Å². The van der Waals surface area contributed by atoms with Crippen molar-refractivity contribution in [2.45, 2.75) is 147 Å². The fourth-order valence-corrected chi connectivity index (χ4v) is 14.6. The minimum Gasteiger partial charge on any atom is -0.390 e. The SMILES string of the molecule is CCOCC(=O)[C@H]1CC[C@@]2(O)C3=CC(=O)[C@@H]4C[C@@H](O)[C@@H](O)C[C@]4(C)C3CC[C@]12C.C[C@]12C[C@H](O)[C@H](O)C[C@H]1C(=O)C=C1C2CC[C@]2(C)[C@@H](C(=O)CBr)CC[C@@]12O. The number of carbonyl (C=O) groups is 4. The lowest BCUT2D eigenvalue weighted by molar-refractivity contribution is -0.155. The smallest absolute Gasteiger partial charge is 0.162 e. The van der Waals surface area contributed by atoms with Crippen LogP contribution in [0.4, 0.5) is 0 Å². The highest BCUT2D eigenvalue weighted by Crippen LogP contribution is 2.69. The first-order valence-electron chi connectivity index (χ1n) is 21.0. The quantitative estimate of drug-likeness (QED) is 0.212.